The van der Waals surface area contributed by atoms with Gasteiger partial charge in [-0.2, -0.15) is 0 Å². The van der Waals surface area contributed by atoms with Gasteiger partial charge in [-0.05, 0) is 176 Å². The van der Waals surface area contributed by atoms with Crippen LogP contribution in [0.25, 0.3) is 0 Å². The maximum absolute atomic E-state index is 15.0. The van der Waals surface area contributed by atoms with Crippen LogP contribution in [0.4, 0.5) is 4.39 Å². The first-order valence-electron chi connectivity index (χ1n) is 16.9. The van der Waals surface area contributed by atoms with Gasteiger partial charge in [-0.3, -0.25) is 9.69 Å². The lowest BCUT2D eigenvalue weighted by atomic mass is 9.77. The van der Waals surface area contributed by atoms with Gasteiger partial charge in [-0.15, -0.1) is 0 Å². The summed E-state index contributed by atoms with van der Waals surface area (Å²) in [6.45, 7) is 10.0. The zero-order valence-corrected chi connectivity index (χ0v) is 28.0. The van der Waals surface area contributed by atoms with Crippen LogP contribution >= 0.6 is 11.6 Å². The number of benzene rings is 2. The number of likely N-dealkylation sites (tertiary alicyclic amines) is 1. The summed E-state index contributed by atoms with van der Waals surface area (Å²) in [5.41, 5.74) is 4.64. The quantitative estimate of drug-likeness (QED) is 0.241. The van der Waals surface area contributed by atoms with E-state index >= 15 is 4.39 Å². The molecule has 2 atom stereocenters. The Morgan fingerprint density at radius 1 is 1.09 bits per heavy atom. The van der Waals surface area contributed by atoms with E-state index in [1.807, 2.05) is 24.9 Å². The Bertz CT molecular complexity index is 1260. The van der Waals surface area contributed by atoms with Gasteiger partial charge < -0.3 is 14.7 Å². The SMILES string of the molecule is Cc1cc(Cl)cc([C@@H](CCN2CCCCC2)CCN(C)[C@H](C(=O)O)c2ccc(F)c(C)c2C2CCC(OC3(C)CC3)CC2)c1. The van der Waals surface area contributed by atoms with Crippen molar-refractivity contribution in [3.05, 3.63) is 69.0 Å². The number of carbonyl (C=O) groups is 1. The molecule has 242 valence electrons. The first-order valence-corrected chi connectivity index (χ1v) is 17.3. The van der Waals surface area contributed by atoms with Gasteiger partial charge in [0.25, 0.3) is 0 Å². The smallest absolute Gasteiger partial charge is 0.325 e. The fraction of sp³-hybridized carbons (Fsp3) is 0.649. The lowest BCUT2D eigenvalue weighted by Crippen LogP contribution is -2.35. The molecule has 2 aromatic rings. The molecular weight excluding hydrogens is 575 g/mol. The standard InChI is InChI=1S/C37H52ClFN2O3/c1-25-22-29(24-30(38)23-25)27(15-21-41-18-6-5-7-19-41)14-20-40(4)35(36(42)43)32-12-13-33(39)26(2)34(32)28-8-10-31(11-9-28)44-37(3)16-17-37/h12-13,22-24,27-28,31,35H,5-11,14-21H2,1-4H3,(H,42,43)/t27-,28?,31?,35+/m1/s1. The van der Waals surface area contributed by atoms with Crippen molar-refractivity contribution in [2.24, 2.45) is 0 Å². The molecule has 3 aliphatic rings. The summed E-state index contributed by atoms with van der Waals surface area (Å²) in [5, 5.41) is 11.4. The van der Waals surface area contributed by atoms with Crippen LogP contribution < -0.4 is 0 Å². The van der Waals surface area contributed by atoms with Gasteiger partial charge in [-0.25, -0.2) is 4.39 Å². The highest BCUT2D eigenvalue weighted by Gasteiger charge is 2.42. The number of likely N-dealkylation sites (N-methyl/N-ethyl adjacent to an activating group) is 1. The van der Waals surface area contributed by atoms with Crippen LogP contribution in [-0.4, -0.2) is 65.8 Å². The van der Waals surface area contributed by atoms with Gasteiger partial charge in [0.1, 0.15) is 11.9 Å². The van der Waals surface area contributed by atoms with Crippen molar-refractivity contribution in [2.45, 2.75) is 121 Å². The third-order valence-corrected chi connectivity index (χ3v) is 10.8. The van der Waals surface area contributed by atoms with Crippen molar-refractivity contribution >= 4 is 17.6 Å². The van der Waals surface area contributed by atoms with Crippen LogP contribution in [-0.2, 0) is 9.53 Å². The first kappa shape index (κ1) is 33.4. The number of piperidine rings is 1. The van der Waals surface area contributed by atoms with E-state index in [9.17, 15) is 9.90 Å². The van der Waals surface area contributed by atoms with Crippen LogP contribution in [0, 0.1) is 19.7 Å². The maximum atomic E-state index is 15.0. The number of hydrogen-bond acceptors (Lipinski definition) is 4. The van der Waals surface area contributed by atoms with E-state index in [-0.39, 0.29) is 29.4 Å². The summed E-state index contributed by atoms with van der Waals surface area (Å²) in [6.07, 6.45) is 11.8. The molecule has 0 radical (unpaired) electrons. The molecule has 1 saturated heterocycles. The molecule has 0 amide bonds. The number of halogens is 2. The molecule has 2 aromatic carbocycles. The lowest BCUT2D eigenvalue weighted by Gasteiger charge is -2.35. The number of nitrogens with zero attached hydrogens (tertiary/aromatic N) is 2. The van der Waals surface area contributed by atoms with E-state index in [0.717, 1.165) is 92.7 Å². The molecular formula is C37H52ClFN2O3. The summed E-state index contributed by atoms with van der Waals surface area (Å²) >= 11 is 6.50. The molecule has 0 unspecified atom stereocenters. The van der Waals surface area contributed by atoms with Gasteiger partial charge in [-0.1, -0.05) is 30.2 Å². The number of rotatable bonds is 13. The fourth-order valence-corrected chi connectivity index (χ4v) is 8.01. The Morgan fingerprint density at radius 3 is 2.43 bits per heavy atom. The van der Waals surface area contributed by atoms with Gasteiger partial charge in [0.05, 0.1) is 11.7 Å². The Morgan fingerprint density at radius 2 is 1.80 bits per heavy atom. The van der Waals surface area contributed by atoms with Crippen LogP contribution in [0.2, 0.25) is 5.02 Å². The van der Waals surface area contributed by atoms with E-state index < -0.39 is 12.0 Å². The van der Waals surface area contributed by atoms with E-state index in [1.54, 1.807) is 6.07 Å². The summed E-state index contributed by atoms with van der Waals surface area (Å²) < 4.78 is 21.4. The summed E-state index contributed by atoms with van der Waals surface area (Å²) in [5.74, 6) is -0.741. The number of aryl methyl sites for hydroxylation is 1. The van der Waals surface area contributed by atoms with E-state index in [1.165, 1.54) is 30.9 Å². The first-order chi connectivity index (χ1) is 21.0. The van der Waals surface area contributed by atoms with Gasteiger partial charge >= 0.3 is 5.97 Å². The molecule has 7 heteroatoms. The van der Waals surface area contributed by atoms with Crippen LogP contribution in [0.15, 0.2) is 30.3 Å². The monoisotopic (exact) mass is 626 g/mol. The minimum absolute atomic E-state index is 0.0456. The number of carboxylic acid groups (broad SMARTS) is 1. The molecule has 0 spiro atoms. The Labute approximate surface area is 269 Å². The fourth-order valence-electron chi connectivity index (χ4n) is 7.72. The summed E-state index contributed by atoms with van der Waals surface area (Å²) in [7, 11) is 1.91. The average molecular weight is 627 g/mol. The third-order valence-electron chi connectivity index (χ3n) is 10.5. The Balaban J connectivity index is 1.33. The predicted molar refractivity (Wildman–Crippen MR) is 176 cm³/mol. The molecule has 0 aromatic heterocycles. The highest BCUT2D eigenvalue weighted by Crippen LogP contribution is 2.45. The molecule has 1 N–H and O–H groups in total. The maximum Gasteiger partial charge on any atom is 0.325 e. The van der Waals surface area contributed by atoms with Crippen LogP contribution in [0.3, 0.4) is 0 Å². The highest BCUT2D eigenvalue weighted by atomic mass is 35.5. The van der Waals surface area contributed by atoms with Crippen molar-refractivity contribution in [2.75, 3.05) is 33.2 Å². The summed E-state index contributed by atoms with van der Waals surface area (Å²) in [4.78, 5) is 17.5. The molecule has 5 nitrogen and oxygen atoms in total. The van der Waals surface area contributed by atoms with Crippen LogP contribution in [0.1, 0.15) is 123 Å². The van der Waals surface area contributed by atoms with E-state index in [2.05, 4.69) is 30.9 Å². The van der Waals surface area contributed by atoms with Crippen molar-refractivity contribution in [3.8, 4) is 0 Å². The molecule has 0 bridgehead atoms. The minimum atomic E-state index is -0.887. The van der Waals surface area contributed by atoms with Crippen molar-refractivity contribution in [1.82, 2.24) is 9.80 Å². The molecule has 44 heavy (non-hydrogen) atoms. The summed E-state index contributed by atoms with van der Waals surface area (Å²) in [6, 6.07) is 8.64. The zero-order chi connectivity index (χ0) is 31.4. The Hall–Kier alpha value is -1.99. The van der Waals surface area contributed by atoms with Crippen molar-refractivity contribution in [1.29, 1.82) is 0 Å². The highest BCUT2D eigenvalue weighted by molar-refractivity contribution is 6.30. The van der Waals surface area contributed by atoms with Crippen LogP contribution in [0.5, 0.6) is 0 Å². The molecule has 3 fully saturated rings. The van der Waals surface area contributed by atoms with Gasteiger partial charge in [0.15, 0.2) is 0 Å². The number of hydrogen-bond donors (Lipinski definition) is 1. The van der Waals surface area contributed by atoms with Gasteiger partial charge in [0, 0.05) is 5.02 Å². The number of aliphatic carboxylic acids is 1. The number of ether oxygens (including phenoxy) is 1. The molecule has 2 saturated carbocycles. The second kappa shape index (κ2) is 14.6. The van der Waals surface area contributed by atoms with Gasteiger partial charge in [0.2, 0.25) is 0 Å². The zero-order valence-electron chi connectivity index (χ0n) is 27.2. The Kier molecular flexibility index (Phi) is 11.1. The topological polar surface area (TPSA) is 53.0 Å². The molecule has 5 rings (SSSR count). The number of carboxylic acids is 1. The molecule has 1 aliphatic heterocycles. The van der Waals surface area contributed by atoms with Crippen molar-refractivity contribution in [3.63, 3.8) is 0 Å². The van der Waals surface area contributed by atoms with Crippen molar-refractivity contribution < 1.29 is 19.0 Å². The second-order valence-electron chi connectivity index (χ2n) is 14.2. The predicted octanol–water partition coefficient (Wildman–Crippen LogP) is 8.80. The lowest BCUT2D eigenvalue weighted by molar-refractivity contribution is -0.143. The minimum Gasteiger partial charge on any atom is -0.480 e. The normalized spacial score (nSPS) is 23.4. The largest absolute Gasteiger partial charge is 0.480 e. The third kappa shape index (κ3) is 8.43. The van der Waals surface area contributed by atoms with E-state index in [4.69, 9.17) is 16.3 Å². The second-order valence-corrected chi connectivity index (χ2v) is 14.6. The average Bonchev–Trinajstić information content (AvgIpc) is 3.71. The molecule has 2 aliphatic carbocycles. The molecule has 1 heterocycles. The van der Waals surface area contributed by atoms with E-state index in [0.29, 0.717) is 12.1 Å².